The predicted molar refractivity (Wildman–Crippen MR) is 135 cm³/mol. The molecule has 6 heteroatoms. The molecule has 3 aromatic rings. The molecule has 0 aliphatic carbocycles. The number of aliphatic hydroxyl groups excluding tert-OH is 1. The van der Waals surface area contributed by atoms with Gasteiger partial charge in [-0.3, -0.25) is 9.59 Å². The molecule has 1 aliphatic rings. The molecular weight excluding hydrogens is 426 g/mol. The molecule has 6 nitrogen and oxygen atoms in total. The average Bonchev–Trinajstić information content (AvgIpc) is 2.89. The Kier molecular flexibility index (Phi) is 7.94. The van der Waals surface area contributed by atoms with Crippen molar-refractivity contribution in [1.29, 1.82) is 0 Å². The number of carbonyl (C=O) groups excluding carboxylic acids is 2. The second-order valence-electron chi connectivity index (χ2n) is 8.56. The molecule has 0 aromatic heterocycles. The lowest BCUT2D eigenvalue weighted by Crippen LogP contribution is -2.50. The number of hydrogen-bond acceptors (Lipinski definition) is 4. The number of nitrogens with zero attached hydrogens (tertiary/aromatic N) is 2. The van der Waals surface area contributed by atoms with E-state index in [4.69, 9.17) is 0 Å². The third-order valence-corrected chi connectivity index (χ3v) is 6.17. The van der Waals surface area contributed by atoms with Gasteiger partial charge < -0.3 is 20.2 Å². The highest BCUT2D eigenvalue weighted by Gasteiger charge is 2.27. The summed E-state index contributed by atoms with van der Waals surface area (Å²) in [6.07, 6.45) is 1.07. The zero-order chi connectivity index (χ0) is 23.8. The molecule has 2 amide bonds. The first kappa shape index (κ1) is 23.5. The predicted octanol–water partition coefficient (Wildman–Crippen LogP) is 4.03. The maximum atomic E-state index is 12.7. The van der Waals surface area contributed by atoms with E-state index in [1.165, 1.54) is 5.56 Å². The van der Waals surface area contributed by atoms with E-state index in [9.17, 15) is 14.7 Å². The summed E-state index contributed by atoms with van der Waals surface area (Å²) in [7, 11) is 0. The summed E-state index contributed by atoms with van der Waals surface area (Å²) in [5.41, 5.74) is 3.70. The molecule has 0 radical (unpaired) electrons. The summed E-state index contributed by atoms with van der Waals surface area (Å²) >= 11 is 0. The second kappa shape index (κ2) is 11.5. The Balaban J connectivity index is 1.22. The highest BCUT2D eigenvalue weighted by atomic mass is 16.3. The largest absolute Gasteiger partial charge is 0.378 e. The van der Waals surface area contributed by atoms with Crippen LogP contribution in [0.15, 0.2) is 84.9 Å². The van der Waals surface area contributed by atoms with Crippen LogP contribution in [0.2, 0.25) is 0 Å². The molecule has 1 fully saturated rings. The quantitative estimate of drug-likeness (QED) is 0.536. The van der Waals surface area contributed by atoms with E-state index in [-0.39, 0.29) is 11.8 Å². The van der Waals surface area contributed by atoms with E-state index in [0.717, 1.165) is 24.2 Å². The van der Waals surface area contributed by atoms with Gasteiger partial charge in [-0.25, -0.2) is 0 Å². The number of nitrogens with one attached hydrogen (secondary N) is 1. The first-order valence-corrected chi connectivity index (χ1v) is 11.8. The van der Waals surface area contributed by atoms with Crippen LogP contribution in [0.3, 0.4) is 0 Å². The summed E-state index contributed by atoms with van der Waals surface area (Å²) in [4.78, 5) is 28.9. The molecule has 4 rings (SSSR count). The van der Waals surface area contributed by atoms with Gasteiger partial charge in [-0.15, -0.1) is 0 Å². The second-order valence-corrected chi connectivity index (χ2v) is 8.56. The molecule has 3 aromatic carbocycles. The zero-order valence-corrected chi connectivity index (χ0v) is 19.3. The lowest BCUT2D eigenvalue weighted by atomic mass is 10.1. The Bertz CT molecular complexity index is 1060. The van der Waals surface area contributed by atoms with Crippen LogP contribution in [-0.2, 0) is 16.0 Å². The first-order valence-electron chi connectivity index (χ1n) is 11.8. The monoisotopic (exact) mass is 457 g/mol. The lowest BCUT2D eigenvalue weighted by Gasteiger charge is -2.37. The van der Waals surface area contributed by atoms with Crippen LogP contribution in [0.25, 0.3) is 0 Å². The Morgan fingerprint density at radius 2 is 1.44 bits per heavy atom. The average molecular weight is 458 g/mol. The normalized spacial score (nSPS) is 14.5. The van der Waals surface area contributed by atoms with Crippen LogP contribution in [-0.4, -0.2) is 48.0 Å². The Morgan fingerprint density at radius 1 is 0.824 bits per heavy atom. The van der Waals surface area contributed by atoms with E-state index in [0.29, 0.717) is 38.2 Å². The van der Waals surface area contributed by atoms with Crippen molar-refractivity contribution < 1.29 is 14.7 Å². The fourth-order valence-corrected chi connectivity index (χ4v) is 4.21. The molecule has 1 unspecified atom stereocenters. The van der Waals surface area contributed by atoms with Gasteiger partial charge in [0.1, 0.15) is 0 Å². The number of piperazine rings is 1. The zero-order valence-electron chi connectivity index (χ0n) is 19.3. The summed E-state index contributed by atoms with van der Waals surface area (Å²) in [6, 6.07) is 27.1. The van der Waals surface area contributed by atoms with E-state index >= 15 is 0 Å². The van der Waals surface area contributed by atoms with E-state index in [2.05, 4.69) is 22.3 Å². The van der Waals surface area contributed by atoms with Crippen molar-refractivity contribution in [3.8, 4) is 0 Å². The van der Waals surface area contributed by atoms with Gasteiger partial charge in [0.25, 0.3) is 5.91 Å². The molecule has 0 spiro atoms. The number of rotatable bonds is 8. The smallest absolute Gasteiger partial charge is 0.256 e. The van der Waals surface area contributed by atoms with E-state index in [1.807, 2.05) is 60.7 Å². The van der Waals surface area contributed by atoms with Crippen LogP contribution in [0, 0.1) is 0 Å². The minimum Gasteiger partial charge on any atom is -0.378 e. The lowest BCUT2D eigenvalue weighted by molar-refractivity contribution is -0.140. The number of benzene rings is 3. The number of anilines is 2. The molecule has 176 valence electrons. The highest BCUT2D eigenvalue weighted by Crippen LogP contribution is 2.22. The van der Waals surface area contributed by atoms with Crippen molar-refractivity contribution >= 4 is 23.2 Å². The van der Waals surface area contributed by atoms with Gasteiger partial charge in [0.15, 0.2) is 6.10 Å². The third kappa shape index (κ3) is 6.23. The topological polar surface area (TPSA) is 72.9 Å². The van der Waals surface area contributed by atoms with Crippen molar-refractivity contribution in [1.82, 2.24) is 4.90 Å². The first-order chi connectivity index (χ1) is 16.6. The molecule has 0 saturated carbocycles. The van der Waals surface area contributed by atoms with Crippen LogP contribution in [0.1, 0.15) is 30.1 Å². The molecule has 1 saturated heterocycles. The number of aryl methyl sites for hydroxylation is 1. The van der Waals surface area contributed by atoms with Crippen molar-refractivity contribution in [2.24, 2.45) is 0 Å². The summed E-state index contributed by atoms with van der Waals surface area (Å²) in [5, 5.41) is 13.4. The van der Waals surface area contributed by atoms with Gasteiger partial charge in [0, 0.05) is 44.0 Å². The number of hydrogen-bond donors (Lipinski definition) is 2. The van der Waals surface area contributed by atoms with Crippen molar-refractivity contribution in [2.75, 3.05) is 36.4 Å². The van der Waals surface area contributed by atoms with Gasteiger partial charge in [0.2, 0.25) is 5.91 Å². The van der Waals surface area contributed by atoms with Crippen LogP contribution in [0.5, 0.6) is 0 Å². The molecule has 2 N–H and O–H groups in total. The van der Waals surface area contributed by atoms with E-state index < -0.39 is 6.10 Å². The highest BCUT2D eigenvalue weighted by molar-refractivity contribution is 5.90. The van der Waals surface area contributed by atoms with Crippen molar-refractivity contribution in [2.45, 2.75) is 25.4 Å². The third-order valence-electron chi connectivity index (χ3n) is 6.17. The van der Waals surface area contributed by atoms with Gasteiger partial charge in [0.05, 0.1) is 0 Å². The molecular formula is C28H31N3O3. The van der Waals surface area contributed by atoms with Crippen LogP contribution >= 0.6 is 0 Å². The van der Waals surface area contributed by atoms with Crippen molar-refractivity contribution in [3.05, 3.63) is 96.1 Å². The fourth-order valence-electron chi connectivity index (χ4n) is 4.21. The number of amides is 2. The minimum absolute atomic E-state index is 0.0211. The standard InChI is InChI=1S/C28H31N3O3/c32-26(13-7-10-22-8-3-1-4-9-22)29-24-14-16-25(17-15-24)30-18-20-31(21-19-30)28(34)27(33)23-11-5-2-6-12-23/h1-6,8-9,11-12,14-17,27,33H,7,10,13,18-21H2,(H,29,32). The number of carbonyl (C=O) groups is 2. The van der Waals surface area contributed by atoms with Gasteiger partial charge in [-0.05, 0) is 48.2 Å². The fraction of sp³-hybridized carbons (Fsp3) is 0.286. The summed E-state index contributed by atoms with van der Waals surface area (Å²) < 4.78 is 0. The summed E-state index contributed by atoms with van der Waals surface area (Å²) in [5.74, 6) is -0.232. The van der Waals surface area contributed by atoms with Crippen LogP contribution < -0.4 is 10.2 Å². The molecule has 0 bridgehead atoms. The van der Waals surface area contributed by atoms with Gasteiger partial charge in [-0.2, -0.15) is 0 Å². The molecule has 1 aliphatic heterocycles. The minimum atomic E-state index is -1.12. The molecule has 1 heterocycles. The number of aliphatic hydroxyl groups is 1. The summed E-state index contributed by atoms with van der Waals surface area (Å²) in [6.45, 7) is 2.50. The van der Waals surface area contributed by atoms with E-state index in [1.54, 1.807) is 17.0 Å². The Hall–Kier alpha value is -3.64. The molecule has 34 heavy (non-hydrogen) atoms. The maximum absolute atomic E-state index is 12.7. The van der Waals surface area contributed by atoms with Crippen molar-refractivity contribution in [3.63, 3.8) is 0 Å². The molecule has 1 atom stereocenters. The van der Waals surface area contributed by atoms with Gasteiger partial charge in [-0.1, -0.05) is 60.7 Å². The SMILES string of the molecule is O=C(CCCc1ccccc1)Nc1ccc(N2CCN(C(=O)C(O)c3ccccc3)CC2)cc1. The Morgan fingerprint density at radius 3 is 2.09 bits per heavy atom. The maximum Gasteiger partial charge on any atom is 0.256 e. The Labute approximate surface area is 200 Å². The van der Waals surface area contributed by atoms with Gasteiger partial charge >= 0.3 is 0 Å². The van der Waals surface area contributed by atoms with Crippen LogP contribution in [0.4, 0.5) is 11.4 Å².